The van der Waals surface area contributed by atoms with Crippen LogP contribution < -0.4 is 0 Å². The second-order valence-electron chi connectivity index (χ2n) is 5.07. The number of ether oxygens (including phenoxy) is 1. The standard InChI is InChI=1S/C14H17N3O4S2/c1-11-8-12(16-21-11)10-22-14-3-2-13(9-15-14)23(18,19)17-4-6-20-7-5-17/h2-3,8-9H,4-7,10H2,1H3. The topological polar surface area (TPSA) is 85.5 Å². The molecule has 9 heteroatoms. The summed E-state index contributed by atoms with van der Waals surface area (Å²) in [6, 6.07) is 5.17. The summed E-state index contributed by atoms with van der Waals surface area (Å²) in [6.45, 7) is 3.45. The van der Waals surface area contributed by atoms with Crippen LogP contribution in [0.2, 0.25) is 0 Å². The fraction of sp³-hybridized carbons (Fsp3) is 0.429. The van der Waals surface area contributed by atoms with E-state index in [-0.39, 0.29) is 4.90 Å². The Morgan fingerprint density at radius 3 is 2.70 bits per heavy atom. The molecule has 0 saturated carbocycles. The van der Waals surface area contributed by atoms with Crippen LogP contribution >= 0.6 is 11.8 Å². The Morgan fingerprint density at radius 1 is 1.30 bits per heavy atom. The Labute approximate surface area is 139 Å². The molecule has 0 aromatic carbocycles. The van der Waals surface area contributed by atoms with Crippen molar-refractivity contribution in [3.05, 3.63) is 35.9 Å². The average Bonchev–Trinajstić information content (AvgIpc) is 3.00. The molecule has 2 aromatic rings. The lowest BCUT2D eigenvalue weighted by atomic mass is 10.4. The molecule has 3 rings (SSSR count). The lowest BCUT2D eigenvalue weighted by molar-refractivity contribution is 0.0730. The van der Waals surface area contributed by atoms with Crippen molar-refractivity contribution in [1.82, 2.24) is 14.4 Å². The van der Waals surface area contributed by atoms with Gasteiger partial charge in [-0.1, -0.05) is 16.9 Å². The molecule has 3 heterocycles. The summed E-state index contributed by atoms with van der Waals surface area (Å²) in [4.78, 5) is 4.44. The maximum absolute atomic E-state index is 12.5. The molecule has 124 valence electrons. The molecular formula is C14H17N3O4S2. The number of hydrogen-bond acceptors (Lipinski definition) is 7. The van der Waals surface area contributed by atoms with Crippen molar-refractivity contribution in [1.29, 1.82) is 0 Å². The third-order valence-corrected chi connectivity index (χ3v) is 6.22. The largest absolute Gasteiger partial charge is 0.379 e. The van der Waals surface area contributed by atoms with Crippen LogP contribution in [0.15, 0.2) is 38.8 Å². The van der Waals surface area contributed by atoms with Crippen LogP contribution in [0, 0.1) is 6.92 Å². The third-order valence-electron chi connectivity index (χ3n) is 3.36. The van der Waals surface area contributed by atoms with E-state index in [2.05, 4.69) is 10.1 Å². The number of hydrogen-bond donors (Lipinski definition) is 0. The number of nitrogens with zero attached hydrogens (tertiary/aromatic N) is 3. The van der Waals surface area contributed by atoms with E-state index in [1.807, 2.05) is 13.0 Å². The summed E-state index contributed by atoms with van der Waals surface area (Å²) in [5.41, 5.74) is 0.833. The summed E-state index contributed by atoms with van der Waals surface area (Å²) >= 11 is 1.48. The predicted molar refractivity (Wildman–Crippen MR) is 84.6 cm³/mol. The number of pyridine rings is 1. The van der Waals surface area contributed by atoms with E-state index < -0.39 is 10.0 Å². The van der Waals surface area contributed by atoms with Gasteiger partial charge >= 0.3 is 0 Å². The summed E-state index contributed by atoms with van der Waals surface area (Å²) in [5.74, 6) is 1.39. The van der Waals surface area contributed by atoms with E-state index in [4.69, 9.17) is 9.26 Å². The van der Waals surface area contributed by atoms with Crippen molar-refractivity contribution in [2.75, 3.05) is 26.3 Å². The molecule has 0 aliphatic carbocycles. The highest BCUT2D eigenvalue weighted by Gasteiger charge is 2.26. The molecule has 0 bridgehead atoms. The molecule has 0 amide bonds. The highest BCUT2D eigenvalue weighted by molar-refractivity contribution is 7.98. The van der Waals surface area contributed by atoms with Crippen molar-refractivity contribution in [3.8, 4) is 0 Å². The second-order valence-corrected chi connectivity index (χ2v) is 8.00. The Bertz CT molecular complexity index is 753. The van der Waals surface area contributed by atoms with E-state index in [1.54, 1.807) is 12.1 Å². The fourth-order valence-corrected chi connectivity index (χ4v) is 4.25. The molecule has 1 aliphatic rings. The molecule has 1 fully saturated rings. The predicted octanol–water partition coefficient (Wildman–Crippen LogP) is 1.69. The molecule has 0 radical (unpaired) electrons. The normalized spacial score (nSPS) is 16.6. The fourth-order valence-electron chi connectivity index (χ4n) is 2.17. The maximum atomic E-state index is 12.5. The van der Waals surface area contributed by atoms with Gasteiger partial charge in [0.15, 0.2) is 0 Å². The first-order valence-electron chi connectivity index (χ1n) is 7.15. The minimum Gasteiger partial charge on any atom is -0.379 e. The van der Waals surface area contributed by atoms with E-state index in [9.17, 15) is 8.42 Å². The zero-order chi connectivity index (χ0) is 16.3. The molecule has 0 atom stereocenters. The Kier molecular flexibility index (Phi) is 5.00. The smallest absolute Gasteiger partial charge is 0.244 e. The Balaban J connectivity index is 1.66. The van der Waals surface area contributed by atoms with E-state index in [0.717, 1.165) is 16.5 Å². The third kappa shape index (κ3) is 3.92. The Morgan fingerprint density at radius 2 is 2.09 bits per heavy atom. The van der Waals surface area contributed by atoms with Crippen LogP contribution in [0.5, 0.6) is 0 Å². The van der Waals surface area contributed by atoms with Crippen molar-refractivity contribution in [2.45, 2.75) is 22.6 Å². The van der Waals surface area contributed by atoms with Gasteiger partial charge in [-0.3, -0.25) is 0 Å². The van der Waals surface area contributed by atoms with Gasteiger partial charge in [-0.05, 0) is 19.1 Å². The van der Waals surface area contributed by atoms with Gasteiger partial charge in [-0.25, -0.2) is 13.4 Å². The van der Waals surface area contributed by atoms with Crippen LogP contribution in [0.25, 0.3) is 0 Å². The number of aryl methyl sites for hydroxylation is 1. The SMILES string of the molecule is Cc1cc(CSc2ccc(S(=O)(=O)N3CCOCC3)cn2)no1. The van der Waals surface area contributed by atoms with E-state index in [1.165, 1.54) is 22.3 Å². The summed E-state index contributed by atoms with van der Waals surface area (Å²) in [6.07, 6.45) is 1.40. The molecule has 1 aliphatic heterocycles. The lowest BCUT2D eigenvalue weighted by Crippen LogP contribution is -2.40. The minimum absolute atomic E-state index is 0.209. The molecular weight excluding hydrogens is 338 g/mol. The van der Waals surface area contributed by atoms with Gasteiger partial charge in [-0.15, -0.1) is 0 Å². The zero-order valence-electron chi connectivity index (χ0n) is 12.6. The number of thioether (sulfide) groups is 1. The van der Waals surface area contributed by atoms with Crippen molar-refractivity contribution in [3.63, 3.8) is 0 Å². The number of sulfonamides is 1. The van der Waals surface area contributed by atoms with Gasteiger partial charge in [-0.2, -0.15) is 4.31 Å². The van der Waals surface area contributed by atoms with E-state index >= 15 is 0 Å². The molecule has 23 heavy (non-hydrogen) atoms. The van der Waals surface area contributed by atoms with Gasteiger partial charge in [0.1, 0.15) is 10.7 Å². The molecule has 7 nitrogen and oxygen atoms in total. The van der Waals surface area contributed by atoms with Crippen LogP contribution in [-0.2, 0) is 20.5 Å². The maximum Gasteiger partial charge on any atom is 0.244 e. The van der Waals surface area contributed by atoms with Gasteiger partial charge < -0.3 is 9.26 Å². The highest BCUT2D eigenvalue weighted by Crippen LogP contribution is 2.23. The minimum atomic E-state index is -3.49. The van der Waals surface area contributed by atoms with Crippen molar-refractivity contribution >= 4 is 21.8 Å². The first kappa shape index (κ1) is 16.4. The highest BCUT2D eigenvalue weighted by atomic mass is 32.2. The van der Waals surface area contributed by atoms with Gasteiger partial charge in [0.2, 0.25) is 10.0 Å². The second kappa shape index (κ2) is 7.00. The van der Waals surface area contributed by atoms with Gasteiger partial charge in [0.25, 0.3) is 0 Å². The van der Waals surface area contributed by atoms with Gasteiger partial charge in [0, 0.05) is 31.1 Å². The van der Waals surface area contributed by atoms with Gasteiger partial charge in [0.05, 0.1) is 23.9 Å². The van der Waals surface area contributed by atoms with Crippen LogP contribution in [0.1, 0.15) is 11.5 Å². The number of rotatable bonds is 5. The Hall–Kier alpha value is -1.42. The quantitative estimate of drug-likeness (QED) is 0.755. The first-order chi connectivity index (χ1) is 11.1. The molecule has 0 N–H and O–H groups in total. The molecule has 1 saturated heterocycles. The van der Waals surface area contributed by atoms with E-state index in [0.29, 0.717) is 32.1 Å². The van der Waals surface area contributed by atoms with Crippen LogP contribution in [-0.4, -0.2) is 49.2 Å². The molecule has 0 spiro atoms. The molecule has 0 unspecified atom stereocenters. The average molecular weight is 355 g/mol. The summed E-state index contributed by atoms with van der Waals surface area (Å²) in [5, 5.41) is 4.65. The van der Waals surface area contributed by atoms with Crippen LogP contribution in [0.4, 0.5) is 0 Å². The zero-order valence-corrected chi connectivity index (χ0v) is 14.3. The number of aromatic nitrogens is 2. The first-order valence-corrected chi connectivity index (χ1v) is 9.57. The summed E-state index contributed by atoms with van der Waals surface area (Å²) < 4.78 is 36.6. The monoisotopic (exact) mass is 355 g/mol. The van der Waals surface area contributed by atoms with Crippen molar-refractivity contribution < 1.29 is 17.7 Å². The molecule has 2 aromatic heterocycles. The lowest BCUT2D eigenvalue weighted by Gasteiger charge is -2.25. The van der Waals surface area contributed by atoms with Crippen molar-refractivity contribution in [2.24, 2.45) is 0 Å². The van der Waals surface area contributed by atoms with Crippen LogP contribution in [0.3, 0.4) is 0 Å². The summed E-state index contributed by atoms with van der Waals surface area (Å²) in [7, 11) is -3.49. The number of morpholine rings is 1.